The Morgan fingerprint density at radius 1 is 1.12 bits per heavy atom. The van der Waals surface area contributed by atoms with Crippen molar-refractivity contribution >= 4 is 12.1 Å². The SMILES string of the molecule is C/C=C\C.C=C(CF)C(CC)C(CCCCC)=NC.CC.CC(C)(NC=O)c1ccccc1. The van der Waals surface area contributed by atoms with Gasteiger partial charge in [-0.2, -0.15) is 0 Å². The minimum Gasteiger partial charge on any atom is -0.350 e. The number of unbranched alkanes of at least 4 members (excludes halogenated alkanes) is 2. The van der Waals surface area contributed by atoms with E-state index < -0.39 is 6.67 Å². The van der Waals surface area contributed by atoms with Gasteiger partial charge in [0, 0.05) is 18.7 Å². The molecule has 33 heavy (non-hydrogen) atoms. The Labute approximate surface area is 204 Å². The predicted octanol–water partition coefficient (Wildman–Crippen LogP) is 8.47. The van der Waals surface area contributed by atoms with Crippen molar-refractivity contribution in [2.24, 2.45) is 10.9 Å². The molecule has 3 nitrogen and oxygen atoms in total. The third-order valence-corrected chi connectivity index (χ3v) is 5.05. The second kappa shape index (κ2) is 24.4. The van der Waals surface area contributed by atoms with Crippen LogP contribution in [0.5, 0.6) is 0 Å². The van der Waals surface area contributed by atoms with Crippen LogP contribution in [0.15, 0.2) is 59.6 Å². The summed E-state index contributed by atoms with van der Waals surface area (Å²) < 4.78 is 12.6. The Morgan fingerprint density at radius 3 is 2.03 bits per heavy atom. The molecule has 1 atom stereocenters. The summed E-state index contributed by atoms with van der Waals surface area (Å²) in [5.74, 6) is 0.150. The molecule has 0 aromatic heterocycles. The highest BCUT2D eigenvalue weighted by Gasteiger charge is 2.18. The van der Waals surface area contributed by atoms with Crippen LogP contribution in [0, 0.1) is 5.92 Å². The smallest absolute Gasteiger partial charge is 0.207 e. The molecule has 0 bridgehead atoms. The number of halogens is 1. The fourth-order valence-corrected chi connectivity index (χ4v) is 2.94. The monoisotopic (exact) mass is 462 g/mol. The summed E-state index contributed by atoms with van der Waals surface area (Å²) in [4.78, 5) is 14.6. The Hall–Kier alpha value is -2.23. The van der Waals surface area contributed by atoms with Crippen LogP contribution in [0.25, 0.3) is 0 Å². The molecule has 0 aliphatic carbocycles. The Kier molecular flexibility index (Phi) is 26.2. The van der Waals surface area contributed by atoms with Crippen LogP contribution >= 0.6 is 0 Å². The van der Waals surface area contributed by atoms with Gasteiger partial charge in [-0.1, -0.05) is 89.6 Å². The number of carbonyl (C=O) groups is 1. The highest BCUT2D eigenvalue weighted by molar-refractivity contribution is 5.89. The fraction of sp³-hybridized carbons (Fsp3) is 0.586. The number of alkyl halides is 1. The predicted molar refractivity (Wildman–Crippen MR) is 147 cm³/mol. The van der Waals surface area contributed by atoms with Gasteiger partial charge >= 0.3 is 0 Å². The molecular weight excluding hydrogens is 411 g/mol. The lowest BCUT2D eigenvalue weighted by molar-refractivity contribution is -0.111. The van der Waals surface area contributed by atoms with E-state index in [9.17, 15) is 9.18 Å². The summed E-state index contributed by atoms with van der Waals surface area (Å²) in [6.07, 6.45) is 10.2. The number of amides is 1. The molecule has 0 saturated carbocycles. The molecule has 4 heteroatoms. The lowest BCUT2D eigenvalue weighted by Gasteiger charge is -2.24. The Balaban J connectivity index is -0.000000445. The van der Waals surface area contributed by atoms with Gasteiger partial charge in [0.2, 0.25) is 6.41 Å². The van der Waals surface area contributed by atoms with Gasteiger partial charge in [0.25, 0.3) is 0 Å². The summed E-state index contributed by atoms with van der Waals surface area (Å²) in [5, 5.41) is 2.76. The maximum Gasteiger partial charge on any atom is 0.207 e. The molecule has 0 aliphatic heterocycles. The zero-order valence-corrected chi connectivity index (χ0v) is 22.9. The van der Waals surface area contributed by atoms with Crippen molar-refractivity contribution in [2.45, 2.75) is 93.0 Å². The van der Waals surface area contributed by atoms with Gasteiger partial charge in [-0.15, -0.1) is 0 Å². The number of carbonyl (C=O) groups excluding carboxylic acids is 1. The number of nitrogens with one attached hydrogen (secondary N) is 1. The minimum atomic E-state index is -0.425. The molecule has 1 rings (SSSR count). The molecule has 0 radical (unpaired) electrons. The molecule has 0 aliphatic rings. The lowest BCUT2D eigenvalue weighted by atomic mass is 9.90. The highest BCUT2D eigenvalue weighted by atomic mass is 19.1. The highest BCUT2D eigenvalue weighted by Crippen LogP contribution is 2.20. The molecule has 0 heterocycles. The number of aliphatic imine (C=N–C) groups is 1. The van der Waals surface area contributed by atoms with Crippen LogP contribution in [0.4, 0.5) is 4.39 Å². The first-order chi connectivity index (χ1) is 15.8. The largest absolute Gasteiger partial charge is 0.350 e. The van der Waals surface area contributed by atoms with E-state index in [0.29, 0.717) is 5.57 Å². The van der Waals surface area contributed by atoms with Crippen LogP contribution in [-0.4, -0.2) is 25.8 Å². The van der Waals surface area contributed by atoms with Crippen molar-refractivity contribution in [3.8, 4) is 0 Å². The van der Waals surface area contributed by atoms with Gasteiger partial charge < -0.3 is 5.32 Å². The van der Waals surface area contributed by atoms with Crippen LogP contribution < -0.4 is 5.32 Å². The number of nitrogens with zero attached hydrogens (tertiary/aromatic N) is 1. The van der Waals surface area contributed by atoms with Crippen molar-refractivity contribution in [3.05, 3.63) is 60.2 Å². The Morgan fingerprint density at radius 2 is 1.67 bits per heavy atom. The van der Waals surface area contributed by atoms with Crippen molar-refractivity contribution in [1.82, 2.24) is 5.32 Å². The van der Waals surface area contributed by atoms with E-state index in [1.807, 2.05) is 84.0 Å². The topological polar surface area (TPSA) is 41.5 Å². The van der Waals surface area contributed by atoms with Gasteiger partial charge in [0.05, 0.1) is 5.54 Å². The molecule has 1 aromatic rings. The summed E-state index contributed by atoms with van der Waals surface area (Å²) in [6.45, 7) is 19.5. The van der Waals surface area contributed by atoms with E-state index in [1.54, 1.807) is 7.05 Å². The first-order valence-electron chi connectivity index (χ1n) is 12.3. The molecule has 190 valence electrons. The molecule has 0 spiro atoms. The first-order valence-corrected chi connectivity index (χ1v) is 12.3. The quantitative estimate of drug-likeness (QED) is 0.152. The van der Waals surface area contributed by atoms with Gasteiger partial charge in [0.15, 0.2) is 0 Å². The van der Waals surface area contributed by atoms with Crippen LogP contribution in [-0.2, 0) is 10.3 Å². The number of hydrogen-bond donors (Lipinski definition) is 1. The summed E-state index contributed by atoms with van der Waals surface area (Å²) in [6, 6.07) is 9.88. The third kappa shape index (κ3) is 17.9. The average molecular weight is 463 g/mol. The van der Waals surface area contributed by atoms with E-state index >= 15 is 0 Å². The van der Waals surface area contributed by atoms with E-state index in [4.69, 9.17) is 0 Å². The van der Waals surface area contributed by atoms with Gasteiger partial charge in [-0.05, 0) is 58.1 Å². The standard InChI is InChI=1S/C13H24FN.C10H13NO.C4H8.C2H6/c1-5-7-8-9-13(15-4)12(6-2)11(3)10-14;1-10(2,11-8-12)9-6-4-3-5-7-9;1-3-4-2;1-2/h12H,3,5-10H2,1-2,4H3;3-8H,1-2H3,(H,11,12);3-4H,1-2H3;1-2H3/b;;4-3-;. The van der Waals surface area contributed by atoms with Crippen molar-refractivity contribution in [1.29, 1.82) is 0 Å². The third-order valence-electron chi connectivity index (χ3n) is 5.05. The van der Waals surface area contributed by atoms with Crippen LogP contribution in [0.3, 0.4) is 0 Å². The second-order valence-corrected chi connectivity index (χ2v) is 7.84. The maximum absolute atomic E-state index is 12.6. The van der Waals surface area contributed by atoms with Gasteiger partial charge in [-0.3, -0.25) is 9.79 Å². The van der Waals surface area contributed by atoms with Crippen molar-refractivity contribution < 1.29 is 9.18 Å². The first kappa shape index (κ1) is 35.4. The normalized spacial score (nSPS) is 11.6. The molecule has 1 unspecified atom stereocenters. The molecule has 0 saturated heterocycles. The lowest BCUT2D eigenvalue weighted by Crippen LogP contribution is -2.35. The minimum absolute atomic E-state index is 0.150. The Bertz CT molecular complexity index is 632. The fourth-order valence-electron chi connectivity index (χ4n) is 2.94. The summed E-state index contributed by atoms with van der Waals surface area (Å²) in [5.41, 5.74) is 2.63. The molecule has 0 fully saturated rings. The number of allylic oxidation sites excluding steroid dienone is 3. The zero-order chi connectivity index (χ0) is 26.1. The van der Waals surface area contributed by atoms with Crippen molar-refractivity contribution in [2.75, 3.05) is 13.7 Å². The second-order valence-electron chi connectivity index (χ2n) is 7.84. The van der Waals surface area contributed by atoms with Crippen molar-refractivity contribution in [3.63, 3.8) is 0 Å². The molecular formula is C29H51FN2O. The van der Waals surface area contributed by atoms with E-state index in [2.05, 4.69) is 30.7 Å². The number of hydrogen-bond acceptors (Lipinski definition) is 2. The van der Waals surface area contributed by atoms with Crippen LogP contribution in [0.1, 0.15) is 93.1 Å². The summed E-state index contributed by atoms with van der Waals surface area (Å²) >= 11 is 0. The summed E-state index contributed by atoms with van der Waals surface area (Å²) in [7, 11) is 1.80. The van der Waals surface area contributed by atoms with Gasteiger partial charge in [-0.25, -0.2) is 4.39 Å². The number of benzene rings is 1. The van der Waals surface area contributed by atoms with E-state index in [-0.39, 0.29) is 11.5 Å². The average Bonchev–Trinajstić information content (AvgIpc) is 2.85. The van der Waals surface area contributed by atoms with E-state index in [1.165, 1.54) is 12.8 Å². The molecule has 1 N–H and O–H groups in total. The molecule has 1 amide bonds. The maximum atomic E-state index is 12.6. The van der Waals surface area contributed by atoms with E-state index in [0.717, 1.165) is 36.9 Å². The zero-order valence-electron chi connectivity index (χ0n) is 22.9. The van der Waals surface area contributed by atoms with Crippen LogP contribution in [0.2, 0.25) is 0 Å². The molecule has 1 aromatic carbocycles. The number of rotatable bonds is 11. The van der Waals surface area contributed by atoms with Gasteiger partial charge in [0.1, 0.15) is 6.67 Å².